The van der Waals surface area contributed by atoms with Gasteiger partial charge in [0.25, 0.3) is 0 Å². The van der Waals surface area contributed by atoms with E-state index in [0.29, 0.717) is 24.6 Å². The third-order valence-corrected chi connectivity index (χ3v) is 5.75. The molecular formula is C14H22N2O3S. The highest BCUT2D eigenvalue weighted by molar-refractivity contribution is 7.89. The number of morpholine rings is 1. The summed E-state index contributed by atoms with van der Waals surface area (Å²) >= 11 is 0. The largest absolute Gasteiger partial charge is 0.375 e. The summed E-state index contributed by atoms with van der Waals surface area (Å²) in [4.78, 5) is 0.349. The Labute approximate surface area is 120 Å². The molecule has 0 bridgehead atoms. The van der Waals surface area contributed by atoms with E-state index in [2.05, 4.69) is 0 Å². The molecule has 0 saturated carbocycles. The Morgan fingerprint density at radius 3 is 2.75 bits per heavy atom. The molecule has 1 aromatic rings. The first-order valence-electron chi connectivity index (χ1n) is 6.79. The van der Waals surface area contributed by atoms with E-state index in [1.54, 1.807) is 6.07 Å². The summed E-state index contributed by atoms with van der Waals surface area (Å²) in [5, 5.41) is 0. The Hall–Kier alpha value is -0.950. The number of rotatable bonds is 3. The molecule has 1 heterocycles. The number of benzene rings is 1. The second-order valence-electron chi connectivity index (χ2n) is 5.37. The zero-order valence-corrected chi connectivity index (χ0v) is 13.0. The average Bonchev–Trinajstić information content (AvgIpc) is 2.41. The molecule has 1 aliphatic rings. The number of hydrogen-bond acceptors (Lipinski definition) is 4. The van der Waals surface area contributed by atoms with Crippen LogP contribution in [0.25, 0.3) is 0 Å². The molecule has 112 valence electrons. The van der Waals surface area contributed by atoms with Crippen molar-refractivity contribution in [2.75, 3.05) is 13.2 Å². The summed E-state index contributed by atoms with van der Waals surface area (Å²) in [5.74, 6) is 0. The predicted molar refractivity (Wildman–Crippen MR) is 77.8 cm³/mol. The van der Waals surface area contributed by atoms with Crippen molar-refractivity contribution in [1.29, 1.82) is 0 Å². The number of nitrogens with zero attached hydrogens (tertiary/aromatic N) is 1. The van der Waals surface area contributed by atoms with Crippen LogP contribution < -0.4 is 5.73 Å². The van der Waals surface area contributed by atoms with Crippen molar-refractivity contribution >= 4 is 10.0 Å². The minimum absolute atomic E-state index is 0.0843. The van der Waals surface area contributed by atoms with E-state index >= 15 is 0 Å². The van der Waals surface area contributed by atoms with Gasteiger partial charge in [-0.05, 0) is 38.0 Å². The van der Waals surface area contributed by atoms with E-state index in [4.69, 9.17) is 10.5 Å². The molecule has 0 radical (unpaired) electrons. The van der Waals surface area contributed by atoms with Crippen molar-refractivity contribution in [3.8, 4) is 0 Å². The number of sulfonamides is 1. The van der Waals surface area contributed by atoms with Gasteiger partial charge in [0, 0.05) is 19.1 Å². The van der Waals surface area contributed by atoms with Gasteiger partial charge in [-0.3, -0.25) is 0 Å². The molecule has 20 heavy (non-hydrogen) atoms. The van der Waals surface area contributed by atoms with Crippen LogP contribution in [0.5, 0.6) is 0 Å². The maximum absolute atomic E-state index is 12.9. The van der Waals surface area contributed by atoms with Crippen LogP contribution in [0.3, 0.4) is 0 Å². The maximum Gasteiger partial charge on any atom is 0.243 e. The summed E-state index contributed by atoms with van der Waals surface area (Å²) < 4.78 is 32.8. The van der Waals surface area contributed by atoms with Gasteiger partial charge in [0.05, 0.1) is 17.6 Å². The first-order valence-corrected chi connectivity index (χ1v) is 8.23. The van der Waals surface area contributed by atoms with Gasteiger partial charge in [0.2, 0.25) is 10.0 Å². The molecule has 1 saturated heterocycles. The van der Waals surface area contributed by atoms with Crippen LogP contribution >= 0.6 is 0 Å². The Bertz CT molecular complexity index is 586. The van der Waals surface area contributed by atoms with Crippen LogP contribution in [0.15, 0.2) is 23.1 Å². The minimum Gasteiger partial charge on any atom is -0.375 e. The van der Waals surface area contributed by atoms with Gasteiger partial charge < -0.3 is 10.5 Å². The second-order valence-corrected chi connectivity index (χ2v) is 7.23. The summed E-state index contributed by atoms with van der Waals surface area (Å²) in [7, 11) is -3.51. The molecule has 0 aromatic heterocycles. The number of hydrogen-bond donors (Lipinski definition) is 1. The van der Waals surface area contributed by atoms with Crippen LogP contribution in [-0.4, -0.2) is 38.0 Å². The quantitative estimate of drug-likeness (QED) is 0.911. The highest BCUT2D eigenvalue weighted by Gasteiger charge is 2.34. The summed E-state index contributed by atoms with van der Waals surface area (Å²) in [5.41, 5.74) is 7.18. The summed E-state index contributed by atoms with van der Waals surface area (Å²) in [6.45, 7) is 6.70. The van der Waals surface area contributed by atoms with Crippen LogP contribution in [0.1, 0.15) is 25.0 Å². The van der Waals surface area contributed by atoms with Gasteiger partial charge in [-0.2, -0.15) is 4.31 Å². The van der Waals surface area contributed by atoms with E-state index in [1.165, 1.54) is 4.31 Å². The topological polar surface area (TPSA) is 72.6 Å². The zero-order valence-electron chi connectivity index (χ0n) is 12.2. The van der Waals surface area contributed by atoms with Crippen molar-refractivity contribution in [3.05, 3.63) is 29.3 Å². The third-order valence-electron chi connectivity index (χ3n) is 3.63. The van der Waals surface area contributed by atoms with E-state index in [1.807, 2.05) is 32.9 Å². The lowest BCUT2D eigenvalue weighted by molar-refractivity contribution is -0.0170. The molecule has 0 aliphatic carbocycles. The predicted octanol–water partition coefficient (Wildman–Crippen LogP) is 1.25. The Kier molecular flexibility index (Phi) is 4.49. The highest BCUT2D eigenvalue weighted by atomic mass is 32.2. The van der Waals surface area contributed by atoms with E-state index in [-0.39, 0.29) is 12.1 Å². The van der Waals surface area contributed by atoms with Crippen LogP contribution in [0.2, 0.25) is 0 Å². The van der Waals surface area contributed by atoms with Gasteiger partial charge in [-0.15, -0.1) is 0 Å². The molecule has 5 nitrogen and oxygen atoms in total. The summed E-state index contributed by atoms with van der Waals surface area (Å²) in [6, 6.07) is 5.19. The number of ether oxygens (including phenoxy) is 1. The minimum atomic E-state index is -3.51. The fraction of sp³-hybridized carbons (Fsp3) is 0.571. The smallest absolute Gasteiger partial charge is 0.243 e. The van der Waals surface area contributed by atoms with E-state index in [9.17, 15) is 8.42 Å². The van der Waals surface area contributed by atoms with E-state index < -0.39 is 10.0 Å². The summed E-state index contributed by atoms with van der Waals surface area (Å²) in [6.07, 6.45) is -0.0843. The maximum atomic E-state index is 12.9. The van der Waals surface area contributed by atoms with Crippen molar-refractivity contribution in [3.63, 3.8) is 0 Å². The molecular weight excluding hydrogens is 276 g/mol. The molecule has 2 atom stereocenters. The molecule has 0 spiro atoms. The van der Waals surface area contributed by atoms with Gasteiger partial charge in [0.15, 0.2) is 0 Å². The van der Waals surface area contributed by atoms with Crippen LogP contribution in [-0.2, 0) is 21.3 Å². The number of nitrogens with two attached hydrogens (primary N) is 1. The third kappa shape index (κ3) is 2.88. The van der Waals surface area contributed by atoms with Gasteiger partial charge in [-0.25, -0.2) is 8.42 Å². The van der Waals surface area contributed by atoms with Crippen molar-refractivity contribution in [1.82, 2.24) is 4.31 Å². The van der Waals surface area contributed by atoms with Gasteiger partial charge in [0.1, 0.15) is 0 Å². The fourth-order valence-electron chi connectivity index (χ4n) is 2.38. The SMILES string of the molecule is Cc1ccc(CN)cc1S(=O)(=O)N1CC(C)OCC1C. The van der Waals surface area contributed by atoms with Crippen LogP contribution in [0.4, 0.5) is 0 Å². The van der Waals surface area contributed by atoms with Crippen molar-refractivity contribution < 1.29 is 13.2 Å². The first-order chi connectivity index (χ1) is 9.36. The van der Waals surface area contributed by atoms with Crippen LogP contribution in [0, 0.1) is 6.92 Å². The lowest BCUT2D eigenvalue weighted by atomic mass is 10.1. The van der Waals surface area contributed by atoms with Gasteiger partial charge >= 0.3 is 0 Å². The highest BCUT2D eigenvalue weighted by Crippen LogP contribution is 2.25. The molecule has 2 N–H and O–H groups in total. The Morgan fingerprint density at radius 2 is 2.10 bits per heavy atom. The molecule has 2 unspecified atom stereocenters. The van der Waals surface area contributed by atoms with E-state index in [0.717, 1.165) is 11.1 Å². The molecule has 0 amide bonds. The standard InChI is InChI=1S/C14H22N2O3S/c1-10-4-5-13(7-15)6-14(10)20(17,18)16-8-12(3)19-9-11(16)2/h4-6,11-12H,7-9,15H2,1-3H3. The molecule has 6 heteroatoms. The lowest BCUT2D eigenvalue weighted by Gasteiger charge is -2.36. The zero-order chi connectivity index (χ0) is 14.9. The average molecular weight is 298 g/mol. The fourth-order valence-corrected chi connectivity index (χ4v) is 4.35. The van der Waals surface area contributed by atoms with Crippen molar-refractivity contribution in [2.24, 2.45) is 5.73 Å². The molecule has 1 fully saturated rings. The van der Waals surface area contributed by atoms with Crippen molar-refractivity contribution in [2.45, 2.75) is 44.4 Å². The lowest BCUT2D eigenvalue weighted by Crippen LogP contribution is -2.50. The second kappa shape index (κ2) is 5.81. The Balaban J connectivity index is 2.43. The molecule has 1 aliphatic heterocycles. The molecule has 1 aromatic carbocycles. The monoisotopic (exact) mass is 298 g/mol. The first kappa shape index (κ1) is 15.4. The normalized spacial score (nSPS) is 24.8. The number of aryl methyl sites for hydroxylation is 1. The Morgan fingerprint density at radius 1 is 1.40 bits per heavy atom. The van der Waals surface area contributed by atoms with Gasteiger partial charge in [-0.1, -0.05) is 12.1 Å². The molecule has 2 rings (SSSR count).